The zero-order valence-electron chi connectivity index (χ0n) is 19.9. The topological polar surface area (TPSA) is 17.3 Å². The van der Waals surface area contributed by atoms with Gasteiger partial charge in [0.25, 0.3) is 0 Å². The van der Waals surface area contributed by atoms with Gasteiger partial charge in [-0.05, 0) is 5.39 Å². The molecule has 0 unspecified atom stereocenters. The Balaban J connectivity index is 2.11. The predicted octanol–water partition coefficient (Wildman–Crippen LogP) is 9.05. The molecule has 0 aliphatic carbocycles. The highest BCUT2D eigenvalue weighted by atomic mass is 19.4. The van der Waals surface area contributed by atoms with Crippen molar-refractivity contribution in [2.24, 2.45) is 0 Å². The first-order valence-electron chi connectivity index (χ1n) is 11.6. The van der Waals surface area contributed by atoms with Gasteiger partial charge in [-0.25, -0.2) is 4.98 Å². The highest BCUT2D eigenvalue weighted by molar-refractivity contribution is 6.13. The summed E-state index contributed by atoms with van der Waals surface area (Å²) in [6.45, 7) is 0. The van der Waals surface area contributed by atoms with Crippen molar-refractivity contribution in [1.82, 2.24) is 9.38 Å². The number of halogens is 12. The van der Waals surface area contributed by atoms with E-state index in [1.807, 2.05) is 0 Å². The Kier molecular flexibility index (Phi) is 5.21. The molecule has 0 N–H and O–H groups in total. The van der Waals surface area contributed by atoms with Gasteiger partial charge < -0.3 is 0 Å². The Bertz CT molecular complexity index is 1810. The zero-order chi connectivity index (χ0) is 30.0. The van der Waals surface area contributed by atoms with E-state index in [-0.39, 0.29) is 21.2 Å². The molecule has 0 amide bonds. The lowest BCUT2D eigenvalue weighted by Gasteiger charge is -2.54. The molecule has 3 aromatic carbocycles. The van der Waals surface area contributed by atoms with Crippen LogP contribution in [-0.2, 0) is 10.8 Å². The van der Waals surface area contributed by atoms with Gasteiger partial charge in [0.1, 0.15) is 5.65 Å². The number of pyridine rings is 1. The summed E-state index contributed by atoms with van der Waals surface area (Å²) in [7, 11) is 0. The molecule has 0 atom stereocenters. The molecule has 14 heteroatoms. The maximum absolute atomic E-state index is 15.2. The molecule has 214 valence electrons. The molecule has 3 heterocycles. The Morgan fingerprint density at radius 1 is 0.512 bits per heavy atom. The molecular weight excluding hydrogens is 580 g/mol. The fourth-order valence-electron chi connectivity index (χ4n) is 6.30. The number of benzene rings is 3. The summed E-state index contributed by atoms with van der Waals surface area (Å²) in [4.78, 5) is 3.95. The van der Waals surface area contributed by atoms with E-state index >= 15 is 52.7 Å². The van der Waals surface area contributed by atoms with E-state index in [1.54, 1.807) is 0 Å². The number of fused-ring (bicyclic) bond motifs is 3. The molecule has 0 saturated heterocycles. The SMILES string of the molecule is FC(F)(F)C1(C(F)(F)F)c2cccc3c4ccccc4c4nc(-c5ccccc5)c(n4c23)C1(C(F)(F)F)C(F)(F)F. The fraction of sp³-hybridized carbons (Fsp3) is 0.222. The zero-order valence-corrected chi connectivity index (χ0v) is 19.9. The molecule has 2 aromatic heterocycles. The van der Waals surface area contributed by atoms with Gasteiger partial charge in [0.15, 0.2) is 0 Å². The number of hydrogen-bond acceptors (Lipinski definition) is 1. The third-order valence-electron chi connectivity index (χ3n) is 7.66. The van der Waals surface area contributed by atoms with Crippen molar-refractivity contribution in [3.63, 3.8) is 0 Å². The lowest BCUT2D eigenvalue weighted by molar-refractivity contribution is -0.413. The summed E-state index contributed by atoms with van der Waals surface area (Å²) in [5.41, 5.74) is -21.3. The highest BCUT2D eigenvalue weighted by Crippen LogP contribution is 2.74. The molecule has 0 bridgehead atoms. The van der Waals surface area contributed by atoms with E-state index in [1.165, 1.54) is 30.3 Å². The van der Waals surface area contributed by atoms with Crippen molar-refractivity contribution in [2.45, 2.75) is 35.5 Å². The summed E-state index contributed by atoms with van der Waals surface area (Å²) in [5.74, 6) is 0. The molecule has 5 aromatic rings. The van der Waals surface area contributed by atoms with Crippen LogP contribution in [0.2, 0.25) is 0 Å². The van der Waals surface area contributed by atoms with Gasteiger partial charge >= 0.3 is 24.7 Å². The smallest absolute Gasteiger partial charge is 0.294 e. The largest absolute Gasteiger partial charge is 0.410 e. The van der Waals surface area contributed by atoms with Crippen LogP contribution in [0.3, 0.4) is 0 Å². The van der Waals surface area contributed by atoms with Crippen molar-refractivity contribution in [1.29, 1.82) is 0 Å². The molecule has 2 nitrogen and oxygen atoms in total. The minimum absolute atomic E-state index is 0.0159. The molecule has 0 fully saturated rings. The molecule has 1 aliphatic rings. The standard InChI is InChI=1S/C27H12F12N2/c28-24(29,30)22(25(31,32)33)17-12-6-11-15-14-9-4-5-10-16(14)21-40-18(13-7-2-1-3-8-13)20(41(21)19(15)17)23(22,26(34,35)36)27(37,38)39/h1-12H. The molecule has 0 radical (unpaired) electrons. The molecular formula is C27H12F12N2. The van der Waals surface area contributed by atoms with Crippen molar-refractivity contribution >= 4 is 27.3 Å². The van der Waals surface area contributed by atoms with Crippen molar-refractivity contribution in [3.8, 4) is 11.3 Å². The summed E-state index contributed by atoms with van der Waals surface area (Å²) < 4.78 is 182. The van der Waals surface area contributed by atoms with Crippen LogP contribution in [0.4, 0.5) is 52.7 Å². The van der Waals surface area contributed by atoms with E-state index in [0.717, 1.165) is 30.3 Å². The van der Waals surface area contributed by atoms with Crippen molar-refractivity contribution in [2.75, 3.05) is 0 Å². The number of aromatic nitrogens is 2. The lowest BCUT2D eigenvalue weighted by Crippen LogP contribution is -2.77. The Labute approximate surface area is 220 Å². The number of imidazole rings is 1. The third-order valence-corrected chi connectivity index (χ3v) is 7.66. The van der Waals surface area contributed by atoms with Crippen LogP contribution in [0.5, 0.6) is 0 Å². The first kappa shape index (κ1) is 27.2. The second-order valence-electron chi connectivity index (χ2n) is 9.57. The minimum Gasteiger partial charge on any atom is -0.294 e. The van der Waals surface area contributed by atoms with Gasteiger partial charge in [0.2, 0.25) is 10.8 Å². The van der Waals surface area contributed by atoms with Crippen LogP contribution in [-0.4, -0.2) is 34.1 Å². The first-order chi connectivity index (χ1) is 18.9. The van der Waals surface area contributed by atoms with E-state index < -0.39 is 74.6 Å². The monoisotopic (exact) mass is 592 g/mol. The lowest BCUT2D eigenvalue weighted by atomic mass is 9.53. The number of hydrogen-bond donors (Lipinski definition) is 0. The summed E-state index contributed by atoms with van der Waals surface area (Å²) in [5, 5.41) is -0.511. The maximum Gasteiger partial charge on any atom is 0.410 e. The van der Waals surface area contributed by atoms with E-state index in [9.17, 15) is 0 Å². The average molecular weight is 592 g/mol. The number of para-hydroxylation sites is 1. The van der Waals surface area contributed by atoms with E-state index in [2.05, 4.69) is 4.98 Å². The third kappa shape index (κ3) is 3.00. The average Bonchev–Trinajstić information content (AvgIpc) is 3.26. The first-order valence-corrected chi connectivity index (χ1v) is 11.6. The number of nitrogens with zero attached hydrogens (tertiary/aromatic N) is 2. The van der Waals surface area contributed by atoms with E-state index in [4.69, 9.17) is 0 Å². The summed E-state index contributed by atoms with van der Waals surface area (Å²) in [6.07, 6.45) is -28.7. The Hall–Kier alpha value is -3.97. The molecule has 1 aliphatic heterocycles. The molecule has 0 spiro atoms. The number of alkyl halides is 12. The quantitative estimate of drug-likeness (QED) is 0.140. The van der Waals surface area contributed by atoms with Crippen LogP contribution < -0.4 is 0 Å². The van der Waals surface area contributed by atoms with Crippen LogP contribution in [0.25, 0.3) is 38.6 Å². The molecule has 0 saturated carbocycles. The second-order valence-corrected chi connectivity index (χ2v) is 9.57. The summed E-state index contributed by atoms with van der Waals surface area (Å²) in [6, 6.07) is 12.4. The van der Waals surface area contributed by atoms with Gasteiger partial charge in [-0.3, -0.25) is 4.40 Å². The van der Waals surface area contributed by atoms with Gasteiger partial charge in [0.05, 0.1) is 16.9 Å². The van der Waals surface area contributed by atoms with Crippen LogP contribution in [0.1, 0.15) is 11.3 Å². The van der Waals surface area contributed by atoms with Crippen molar-refractivity contribution in [3.05, 3.63) is 84.1 Å². The van der Waals surface area contributed by atoms with E-state index in [0.29, 0.717) is 6.07 Å². The normalized spacial score (nSPS) is 17.2. The van der Waals surface area contributed by atoms with Crippen LogP contribution in [0.15, 0.2) is 72.8 Å². The van der Waals surface area contributed by atoms with Gasteiger partial charge in [0, 0.05) is 21.9 Å². The van der Waals surface area contributed by atoms with Crippen LogP contribution in [0, 0.1) is 0 Å². The van der Waals surface area contributed by atoms with Crippen molar-refractivity contribution < 1.29 is 52.7 Å². The highest BCUT2D eigenvalue weighted by Gasteiger charge is 2.95. The Morgan fingerprint density at radius 3 is 1.54 bits per heavy atom. The maximum atomic E-state index is 15.2. The van der Waals surface area contributed by atoms with Gasteiger partial charge in [-0.15, -0.1) is 0 Å². The second kappa shape index (κ2) is 7.85. The summed E-state index contributed by atoms with van der Waals surface area (Å²) >= 11 is 0. The molecule has 41 heavy (non-hydrogen) atoms. The van der Waals surface area contributed by atoms with Gasteiger partial charge in [-0.2, -0.15) is 52.7 Å². The Morgan fingerprint density at radius 2 is 1.00 bits per heavy atom. The van der Waals surface area contributed by atoms with Gasteiger partial charge in [-0.1, -0.05) is 72.8 Å². The van der Waals surface area contributed by atoms with Crippen LogP contribution >= 0.6 is 0 Å². The fourth-order valence-corrected chi connectivity index (χ4v) is 6.30. The molecule has 6 rings (SSSR count). The minimum atomic E-state index is -7.19. The number of rotatable bonds is 1. The predicted molar refractivity (Wildman–Crippen MR) is 123 cm³/mol.